The van der Waals surface area contributed by atoms with Crippen LogP contribution in [0.2, 0.25) is 0 Å². The van der Waals surface area contributed by atoms with Gasteiger partial charge in [0.25, 0.3) is 0 Å². The van der Waals surface area contributed by atoms with Gasteiger partial charge in [-0.25, -0.2) is 4.98 Å². The molecule has 0 aliphatic carbocycles. The number of hydrogen-bond acceptors (Lipinski definition) is 3. The topological polar surface area (TPSA) is 44.1 Å². The molecule has 0 atom stereocenters. The number of carbonyl (C=O) groups is 1. The quantitative estimate of drug-likeness (QED) is 0.515. The van der Waals surface area contributed by atoms with Gasteiger partial charge in [-0.05, 0) is 26.7 Å². The molecule has 0 unspecified atom stereocenters. The van der Waals surface area contributed by atoms with Crippen molar-refractivity contribution in [2.75, 3.05) is 0 Å². The third-order valence-electron chi connectivity index (χ3n) is 2.42. The Morgan fingerprint density at radius 2 is 2.12 bits per heavy atom. The molecule has 17 heavy (non-hydrogen) atoms. The van der Waals surface area contributed by atoms with E-state index in [-0.39, 0.29) is 12.1 Å². The number of carbonyl (C=O) groups excluding carboxylic acids is 1. The summed E-state index contributed by atoms with van der Waals surface area (Å²) in [5.41, 5.74) is 0. The standard InChI is InChI=1S/C13H21N2O2/c1-12(2)17-13(16)7-5-3-4-6-9-15-10-8-14-11-15/h10-12H,3-7,9H2,1-2H3. The highest BCUT2D eigenvalue weighted by atomic mass is 16.5. The van der Waals surface area contributed by atoms with Crippen LogP contribution < -0.4 is 0 Å². The number of unbranched alkanes of at least 4 members (excludes halogenated alkanes) is 3. The first-order valence-corrected chi connectivity index (χ1v) is 6.26. The van der Waals surface area contributed by atoms with Gasteiger partial charge < -0.3 is 9.30 Å². The molecule has 0 aromatic carbocycles. The first-order valence-electron chi connectivity index (χ1n) is 6.26. The minimum atomic E-state index is -0.0794. The van der Waals surface area contributed by atoms with Crippen molar-refractivity contribution in [3.63, 3.8) is 0 Å². The second-order valence-corrected chi connectivity index (χ2v) is 4.44. The van der Waals surface area contributed by atoms with E-state index in [2.05, 4.69) is 11.2 Å². The molecule has 0 fully saturated rings. The number of aryl methyl sites for hydroxylation is 1. The monoisotopic (exact) mass is 237 g/mol. The summed E-state index contributed by atoms with van der Waals surface area (Å²) in [6.07, 6.45) is 11.2. The van der Waals surface area contributed by atoms with E-state index >= 15 is 0 Å². The Balaban J connectivity index is 1.92. The predicted octanol–water partition coefficient (Wildman–Crippen LogP) is 2.59. The fourth-order valence-electron chi connectivity index (χ4n) is 1.61. The van der Waals surface area contributed by atoms with Crippen LogP contribution in [0.1, 0.15) is 46.0 Å². The van der Waals surface area contributed by atoms with Gasteiger partial charge in [-0.15, -0.1) is 0 Å². The molecule has 1 rings (SSSR count). The molecule has 0 spiro atoms. The normalized spacial score (nSPS) is 10.8. The number of nitrogens with zero attached hydrogens (tertiary/aromatic N) is 2. The van der Waals surface area contributed by atoms with Crippen LogP contribution in [-0.2, 0) is 16.1 Å². The Kier molecular flexibility index (Phi) is 6.37. The second kappa shape index (κ2) is 7.87. The van der Waals surface area contributed by atoms with Crippen molar-refractivity contribution in [1.82, 2.24) is 9.55 Å². The Labute approximate surface area is 103 Å². The Morgan fingerprint density at radius 3 is 2.76 bits per heavy atom. The summed E-state index contributed by atoms with van der Waals surface area (Å²) in [4.78, 5) is 15.1. The summed E-state index contributed by atoms with van der Waals surface area (Å²) in [5.74, 6) is -0.0794. The number of aromatic nitrogens is 2. The van der Waals surface area contributed by atoms with Gasteiger partial charge in [0.05, 0.1) is 12.4 Å². The average molecular weight is 237 g/mol. The van der Waals surface area contributed by atoms with Crippen molar-refractivity contribution >= 4 is 5.97 Å². The van der Waals surface area contributed by atoms with Crippen LogP contribution in [0, 0.1) is 6.20 Å². The molecule has 1 radical (unpaired) electrons. The van der Waals surface area contributed by atoms with E-state index in [0.717, 1.165) is 32.2 Å². The first-order chi connectivity index (χ1) is 8.18. The zero-order chi connectivity index (χ0) is 12.5. The van der Waals surface area contributed by atoms with Crippen LogP contribution >= 0.6 is 0 Å². The van der Waals surface area contributed by atoms with Crippen molar-refractivity contribution in [2.24, 2.45) is 0 Å². The Bertz CT molecular complexity index is 307. The van der Waals surface area contributed by atoms with Crippen LogP contribution in [0.4, 0.5) is 0 Å². The summed E-state index contributed by atoms with van der Waals surface area (Å²) in [6.45, 7) is 4.73. The number of esters is 1. The average Bonchev–Trinajstić information content (AvgIpc) is 2.75. The minimum absolute atomic E-state index is 0.00000835. The van der Waals surface area contributed by atoms with Gasteiger partial charge in [-0.3, -0.25) is 4.79 Å². The third-order valence-corrected chi connectivity index (χ3v) is 2.42. The largest absolute Gasteiger partial charge is 0.463 e. The number of imidazole rings is 1. The van der Waals surface area contributed by atoms with Crippen LogP contribution in [0.15, 0.2) is 12.5 Å². The molecule has 0 aliphatic rings. The highest BCUT2D eigenvalue weighted by Gasteiger charge is 2.04. The van der Waals surface area contributed by atoms with Gasteiger partial charge in [0.15, 0.2) is 0 Å². The van der Waals surface area contributed by atoms with Crippen LogP contribution in [-0.4, -0.2) is 21.6 Å². The SMILES string of the molecule is CC(C)OC(=O)CCCCCCn1c[c]nc1. The summed E-state index contributed by atoms with van der Waals surface area (Å²) < 4.78 is 7.08. The molecule has 0 N–H and O–H groups in total. The van der Waals surface area contributed by atoms with E-state index in [0.29, 0.717) is 6.42 Å². The van der Waals surface area contributed by atoms with E-state index in [9.17, 15) is 4.79 Å². The van der Waals surface area contributed by atoms with E-state index in [4.69, 9.17) is 4.74 Å². The van der Waals surface area contributed by atoms with Crippen LogP contribution in [0.3, 0.4) is 0 Å². The van der Waals surface area contributed by atoms with Crippen molar-refractivity contribution in [2.45, 2.75) is 58.6 Å². The molecule has 1 aromatic rings. The van der Waals surface area contributed by atoms with Gasteiger partial charge in [-0.2, -0.15) is 0 Å². The molecule has 0 amide bonds. The van der Waals surface area contributed by atoms with E-state index < -0.39 is 0 Å². The predicted molar refractivity (Wildman–Crippen MR) is 65.4 cm³/mol. The first kappa shape index (κ1) is 13.7. The number of rotatable bonds is 8. The van der Waals surface area contributed by atoms with Crippen molar-refractivity contribution in [3.05, 3.63) is 18.7 Å². The van der Waals surface area contributed by atoms with Gasteiger partial charge in [0.2, 0.25) is 0 Å². The molecule has 95 valence electrons. The van der Waals surface area contributed by atoms with Gasteiger partial charge in [0.1, 0.15) is 6.20 Å². The highest BCUT2D eigenvalue weighted by Crippen LogP contribution is 2.06. The molecular weight excluding hydrogens is 216 g/mol. The molecule has 1 aromatic heterocycles. The maximum atomic E-state index is 11.2. The summed E-state index contributed by atoms with van der Waals surface area (Å²) in [7, 11) is 0. The number of hydrogen-bond donors (Lipinski definition) is 0. The molecule has 4 heteroatoms. The fourth-order valence-corrected chi connectivity index (χ4v) is 1.61. The fraction of sp³-hybridized carbons (Fsp3) is 0.692. The third kappa shape index (κ3) is 6.76. The molecular formula is C13H21N2O2. The second-order valence-electron chi connectivity index (χ2n) is 4.44. The minimum Gasteiger partial charge on any atom is -0.463 e. The van der Waals surface area contributed by atoms with Crippen molar-refractivity contribution in [1.29, 1.82) is 0 Å². The van der Waals surface area contributed by atoms with Gasteiger partial charge >= 0.3 is 5.97 Å². The Hall–Kier alpha value is -1.32. The van der Waals surface area contributed by atoms with E-state index in [1.54, 1.807) is 6.33 Å². The Morgan fingerprint density at radius 1 is 1.35 bits per heavy atom. The molecule has 0 bridgehead atoms. The van der Waals surface area contributed by atoms with E-state index in [1.165, 1.54) is 0 Å². The lowest BCUT2D eigenvalue weighted by Gasteiger charge is -2.07. The number of ether oxygens (including phenoxy) is 1. The molecule has 0 saturated carbocycles. The van der Waals surface area contributed by atoms with Crippen molar-refractivity contribution < 1.29 is 9.53 Å². The summed E-state index contributed by atoms with van der Waals surface area (Å²) in [6, 6.07) is 0. The molecule has 0 aliphatic heterocycles. The van der Waals surface area contributed by atoms with E-state index in [1.807, 2.05) is 24.6 Å². The molecule has 1 heterocycles. The van der Waals surface area contributed by atoms with Gasteiger partial charge in [0, 0.05) is 19.2 Å². The lowest BCUT2D eigenvalue weighted by Crippen LogP contribution is -2.10. The molecule has 4 nitrogen and oxygen atoms in total. The van der Waals surface area contributed by atoms with Crippen molar-refractivity contribution in [3.8, 4) is 0 Å². The summed E-state index contributed by atoms with van der Waals surface area (Å²) >= 11 is 0. The van der Waals surface area contributed by atoms with Gasteiger partial charge in [-0.1, -0.05) is 12.8 Å². The zero-order valence-corrected chi connectivity index (χ0v) is 10.7. The highest BCUT2D eigenvalue weighted by molar-refractivity contribution is 5.69. The molecule has 0 saturated heterocycles. The smallest absolute Gasteiger partial charge is 0.306 e. The van der Waals surface area contributed by atoms with Crippen LogP contribution in [0.25, 0.3) is 0 Å². The lowest BCUT2D eigenvalue weighted by atomic mass is 10.1. The maximum Gasteiger partial charge on any atom is 0.306 e. The summed E-state index contributed by atoms with van der Waals surface area (Å²) in [5, 5.41) is 0. The zero-order valence-electron chi connectivity index (χ0n) is 10.7. The van der Waals surface area contributed by atoms with Crippen LogP contribution in [0.5, 0.6) is 0 Å². The maximum absolute atomic E-state index is 11.2. The lowest BCUT2D eigenvalue weighted by molar-refractivity contribution is -0.147.